The molecule has 158 valence electrons. The molecule has 0 fully saturated rings. The number of aryl methyl sites for hydroxylation is 1. The quantitative estimate of drug-likeness (QED) is 0.696. The van der Waals surface area contributed by atoms with Gasteiger partial charge in [-0.25, -0.2) is 13.2 Å². The molecular weight excluding hydrogens is 404 g/mol. The van der Waals surface area contributed by atoms with Crippen molar-refractivity contribution in [2.75, 3.05) is 22.8 Å². The fourth-order valence-corrected chi connectivity index (χ4v) is 4.56. The summed E-state index contributed by atoms with van der Waals surface area (Å²) >= 11 is 0. The first-order valence-electron chi connectivity index (χ1n) is 9.83. The van der Waals surface area contributed by atoms with Crippen molar-refractivity contribution in [3.8, 4) is 0 Å². The van der Waals surface area contributed by atoms with Gasteiger partial charge in [-0.15, -0.1) is 0 Å². The molecule has 8 nitrogen and oxygen atoms in total. The Labute approximate surface area is 175 Å². The number of urea groups is 1. The third kappa shape index (κ3) is 4.40. The number of sulfonamides is 1. The summed E-state index contributed by atoms with van der Waals surface area (Å²) in [6.45, 7) is 0.796. The molecule has 2 aliphatic rings. The number of anilines is 2. The van der Waals surface area contributed by atoms with Crippen molar-refractivity contribution in [2.45, 2.75) is 31.8 Å². The number of nitrogens with one attached hydrogen (secondary N) is 3. The topological polar surface area (TPSA) is 108 Å². The molecule has 4 rings (SSSR count). The number of para-hydroxylation sites is 1. The predicted octanol–water partition coefficient (Wildman–Crippen LogP) is 2.08. The van der Waals surface area contributed by atoms with Crippen LogP contribution in [-0.4, -0.2) is 44.1 Å². The molecule has 9 heteroatoms. The summed E-state index contributed by atoms with van der Waals surface area (Å²) in [6.07, 6.45) is 2.87. The molecule has 0 spiro atoms. The van der Waals surface area contributed by atoms with Crippen LogP contribution >= 0.6 is 0 Å². The van der Waals surface area contributed by atoms with E-state index in [-0.39, 0.29) is 11.9 Å². The van der Waals surface area contributed by atoms with Crippen LogP contribution in [0.1, 0.15) is 23.1 Å². The minimum Gasteiger partial charge on any atom is -0.326 e. The Morgan fingerprint density at radius 2 is 1.87 bits per heavy atom. The summed E-state index contributed by atoms with van der Waals surface area (Å²) in [5.74, 6) is -0.217. The Hall–Kier alpha value is -3.07. The van der Waals surface area contributed by atoms with Crippen molar-refractivity contribution in [2.24, 2.45) is 0 Å². The summed E-state index contributed by atoms with van der Waals surface area (Å²) in [7, 11) is -3.38. The molecule has 1 unspecified atom stereocenters. The molecule has 3 amide bonds. The average Bonchev–Trinajstić information content (AvgIpc) is 2.85. The number of nitrogens with zero attached hydrogens (tertiary/aromatic N) is 1. The smallest absolute Gasteiger partial charge is 0.318 e. The second-order valence-corrected chi connectivity index (χ2v) is 9.42. The molecule has 2 aliphatic heterocycles. The normalized spacial score (nSPS) is 18.5. The minimum atomic E-state index is -3.38. The van der Waals surface area contributed by atoms with Crippen LogP contribution < -0.4 is 15.4 Å². The van der Waals surface area contributed by atoms with E-state index in [2.05, 4.69) is 15.4 Å². The Balaban J connectivity index is 1.44. The van der Waals surface area contributed by atoms with E-state index in [1.54, 1.807) is 17.0 Å². The highest BCUT2D eigenvalue weighted by Crippen LogP contribution is 2.27. The van der Waals surface area contributed by atoms with Gasteiger partial charge >= 0.3 is 6.03 Å². The van der Waals surface area contributed by atoms with Crippen molar-refractivity contribution in [3.63, 3.8) is 0 Å². The second-order valence-electron chi connectivity index (χ2n) is 7.68. The van der Waals surface area contributed by atoms with Crippen LogP contribution in [-0.2, 0) is 34.2 Å². The van der Waals surface area contributed by atoms with Gasteiger partial charge in [0.15, 0.2) is 0 Å². The van der Waals surface area contributed by atoms with Crippen molar-refractivity contribution >= 4 is 33.3 Å². The summed E-state index contributed by atoms with van der Waals surface area (Å²) < 4.78 is 25.7. The molecule has 0 saturated carbocycles. The maximum atomic E-state index is 12.8. The van der Waals surface area contributed by atoms with E-state index >= 15 is 0 Å². The number of hydrogen-bond donors (Lipinski definition) is 3. The van der Waals surface area contributed by atoms with E-state index in [0.717, 1.165) is 28.6 Å². The molecule has 2 heterocycles. The third-order valence-electron chi connectivity index (χ3n) is 5.44. The third-order valence-corrected chi connectivity index (χ3v) is 6.03. The molecule has 0 radical (unpaired) electrons. The van der Waals surface area contributed by atoms with E-state index in [1.807, 2.05) is 30.3 Å². The van der Waals surface area contributed by atoms with Gasteiger partial charge in [-0.3, -0.25) is 9.52 Å². The van der Waals surface area contributed by atoms with Gasteiger partial charge in [-0.1, -0.05) is 30.3 Å². The van der Waals surface area contributed by atoms with Crippen LogP contribution in [0.4, 0.5) is 16.2 Å². The minimum absolute atomic E-state index is 0.217. The Morgan fingerprint density at radius 3 is 2.67 bits per heavy atom. The first-order valence-corrected chi connectivity index (χ1v) is 11.7. The van der Waals surface area contributed by atoms with Crippen LogP contribution in [0.3, 0.4) is 0 Å². The summed E-state index contributed by atoms with van der Waals surface area (Å²) in [4.78, 5) is 27.1. The summed E-state index contributed by atoms with van der Waals surface area (Å²) in [5.41, 5.74) is 4.19. The standard InChI is InChI=1S/C21H24N4O4S/c1-30(28,29)24-18-8-4-6-15-13-25(12-11-16(15)18)21(27)23-19-10-9-14-5-2-3-7-17(14)22-20(19)26/h2-8,19,24H,9-13H2,1H3,(H,22,26)(H,23,27). The highest BCUT2D eigenvalue weighted by Gasteiger charge is 2.29. The zero-order valence-electron chi connectivity index (χ0n) is 16.6. The maximum absolute atomic E-state index is 12.8. The van der Waals surface area contributed by atoms with Gasteiger partial charge in [0.25, 0.3) is 0 Å². The number of carbonyl (C=O) groups excluding carboxylic acids is 2. The Bertz CT molecular complexity index is 1100. The zero-order valence-corrected chi connectivity index (χ0v) is 17.5. The molecule has 3 N–H and O–H groups in total. The maximum Gasteiger partial charge on any atom is 0.318 e. The lowest BCUT2D eigenvalue weighted by atomic mass is 9.98. The first-order chi connectivity index (χ1) is 14.3. The zero-order chi connectivity index (χ0) is 21.3. The van der Waals surface area contributed by atoms with E-state index in [4.69, 9.17) is 0 Å². The molecular formula is C21H24N4O4S. The highest BCUT2D eigenvalue weighted by molar-refractivity contribution is 7.92. The number of amides is 3. The second kappa shape index (κ2) is 7.98. The number of fused-ring (bicyclic) bond motifs is 2. The number of hydrogen-bond acceptors (Lipinski definition) is 4. The van der Waals surface area contributed by atoms with Gasteiger partial charge in [0.1, 0.15) is 6.04 Å². The van der Waals surface area contributed by atoms with Crippen LogP contribution in [0.25, 0.3) is 0 Å². The summed E-state index contributed by atoms with van der Waals surface area (Å²) in [6, 6.07) is 12.1. The monoisotopic (exact) mass is 428 g/mol. The van der Waals surface area contributed by atoms with Gasteiger partial charge in [-0.05, 0) is 48.1 Å². The summed E-state index contributed by atoms with van der Waals surface area (Å²) in [5, 5.41) is 5.75. The Kier molecular flexibility index (Phi) is 5.38. The lowest BCUT2D eigenvalue weighted by molar-refractivity contribution is -0.118. The molecule has 2 aromatic carbocycles. The molecule has 2 aromatic rings. The molecule has 0 saturated heterocycles. The lowest BCUT2D eigenvalue weighted by Gasteiger charge is -2.31. The SMILES string of the molecule is CS(=O)(=O)Nc1cccc2c1CCN(C(=O)NC1CCc3ccccc3NC1=O)C2. The number of benzene rings is 2. The average molecular weight is 429 g/mol. The highest BCUT2D eigenvalue weighted by atomic mass is 32.2. The van der Waals surface area contributed by atoms with Gasteiger partial charge in [0, 0.05) is 18.8 Å². The largest absolute Gasteiger partial charge is 0.326 e. The molecule has 1 atom stereocenters. The fraction of sp³-hybridized carbons (Fsp3) is 0.333. The van der Waals surface area contributed by atoms with Gasteiger partial charge < -0.3 is 15.5 Å². The van der Waals surface area contributed by atoms with Crippen LogP contribution in [0.5, 0.6) is 0 Å². The van der Waals surface area contributed by atoms with E-state index in [0.29, 0.717) is 38.0 Å². The van der Waals surface area contributed by atoms with Gasteiger partial charge in [-0.2, -0.15) is 0 Å². The van der Waals surface area contributed by atoms with Crippen molar-refractivity contribution in [1.29, 1.82) is 0 Å². The van der Waals surface area contributed by atoms with Gasteiger partial charge in [0.2, 0.25) is 15.9 Å². The lowest BCUT2D eigenvalue weighted by Crippen LogP contribution is -2.50. The van der Waals surface area contributed by atoms with E-state index < -0.39 is 16.1 Å². The molecule has 0 bridgehead atoms. The van der Waals surface area contributed by atoms with E-state index in [9.17, 15) is 18.0 Å². The number of carbonyl (C=O) groups is 2. The fourth-order valence-electron chi connectivity index (χ4n) is 3.97. The molecule has 30 heavy (non-hydrogen) atoms. The van der Waals surface area contributed by atoms with Crippen molar-refractivity contribution in [1.82, 2.24) is 10.2 Å². The van der Waals surface area contributed by atoms with E-state index in [1.165, 1.54) is 0 Å². The van der Waals surface area contributed by atoms with Crippen molar-refractivity contribution < 1.29 is 18.0 Å². The van der Waals surface area contributed by atoms with Crippen LogP contribution in [0, 0.1) is 0 Å². The van der Waals surface area contributed by atoms with Gasteiger partial charge in [0.05, 0.1) is 11.9 Å². The first kappa shape index (κ1) is 20.2. The number of rotatable bonds is 3. The van der Waals surface area contributed by atoms with Crippen LogP contribution in [0.15, 0.2) is 42.5 Å². The molecule has 0 aromatic heterocycles. The van der Waals surface area contributed by atoms with Crippen LogP contribution in [0.2, 0.25) is 0 Å². The van der Waals surface area contributed by atoms with Crippen molar-refractivity contribution in [3.05, 3.63) is 59.2 Å². The predicted molar refractivity (Wildman–Crippen MR) is 115 cm³/mol. The molecule has 0 aliphatic carbocycles. The Morgan fingerprint density at radius 1 is 1.10 bits per heavy atom.